The summed E-state index contributed by atoms with van der Waals surface area (Å²) in [5.41, 5.74) is 1.93. The van der Waals surface area contributed by atoms with Crippen molar-refractivity contribution in [3.8, 4) is 5.75 Å². The average Bonchev–Trinajstić information content (AvgIpc) is 2.77. The third-order valence-electron chi connectivity index (χ3n) is 5.62. The Morgan fingerprint density at radius 1 is 1.10 bits per heavy atom. The van der Waals surface area contributed by atoms with Crippen LogP contribution in [0.2, 0.25) is 5.02 Å². The number of rotatable bonds is 5. The van der Waals surface area contributed by atoms with E-state index in [2.05, 4.69) is 39.8 Å². The van der Waals surface area contributed by atoms with E-state index in [4.69, 9.17) is 16.3 Å². The average molecular weight is 414 g/mol. The molecule has 29 heavy (non-hydrogen) atoms. The number of amides is 1. The van der Waals surface area contributed by atoms with Crippen LogP contribution in [0.15, 0.2) is 48.5 Å². The quantitative estimate of drug-likeness (QED) is 0.759. The molecule has 5 nitrogen and oxygen atoms in total. The van der Waals surface area contributed by atoms with Gasteiger partial charge in [-0.1, -0.05) is 36.2 Å². The van der Waals surface area contributed by atoms with E-state index in [-0.39, 0.29) is 18.1 Å². The van der Waals surface area contributed by atoms with Crippen LogP contribution in [0.4, 0.5) is 11.4 Å². The molecule has 1 amide bonds. The second kappa shape index (κ2) is 9.51. The van der Waals surface area contributed by atoms with E-state index in [0.29, 0.717) is 16.5 Å². The van der Waals surface area contributed by atoms with E-state index in [1.54, 1.807) is 6.07 Å². The fourth-order valence-corrected chi connectivity index (χ4v) is 4.29. The van der Waals surface area contributed by atoms with Gasteiger partial charge < -0.3 is 20.3 Å². The lowest BCUT2D eigenvalue weighted by Crippen LogP contribution is -2.43. The number of halogens is 1. The summed E-state index contributed by atoms with van der Waals surface area (Å²) < 4.78 is 6.22. The molecule has 2 fully saturated rings. The molecule has 0 radical (unpaired) electrons. The van der Waals surface area contributed by atoms with Crippen LogP contribution in [0, 0.1) is 0 Å². The van der Waals surface area contributed by atoms with Crippen molar-refractivity contribution < 1.29 is 9.53 Å². The lowest BCUT2D eigenvalue weighted by atomic mass is 10.0. The normalized spacial score (nSPS) is 22.2. The van der Waals surface area contributed by atoms with Gasteiger partial charge in [-0.05, 0) is 62.6 Å². The van der Waals surface area contributed by atoms with Gasteiger partial charge >= 0.3 is 0 Å². The number of para-hydroxylation sites is 1. The Balaban J connectivity index is 1.36. The monoisotopic (exact) mass is 413 g/mol. The fraction of sp³-hybridized carbons (Fsp3) is 0.435. The van der Waals surface area contributed by atoms with Crippen LogP contribution in [0.25, 0.3) is 0 Å². The van der Waals surface area contributed by atoms with Crippen LogP contribution < -0.4 is 20.3 Å². The smallest absolute Gasteiger partial charge is 0.241 e. The summed E-state index contributed by atoms with van der Waals surface area (Å²) in [4.78, 5) is 14.8. The maximum atomic E-state index is 12.4. The number of carbonyl (C=O) groups is 1. The molecule has 2 aromatic rings. The van der Waals surface area contributed by atoms with Crippen LogP contribution in [-0.4, -0.2) is 37.7 Å². The molecule has 2 N–H and O–H groups in total. The Morgan fingerprint density at radius 3 is 2.72 bits per heavy atom. The summed E-state index contributed by atoms with van der Waals surface area (Å²) in [6, 6.07) is 15.8. The Labute approximate surface area is 177 Å². The standard InChI is InChI=1S/C23H28ClN3O2/c24-20-15-17(26-23(28)21-10-4-5-13-25-21)11-12-22(20)29-19-9-6-14-27(16-19)18-7-2-1-3-8-18/h1-3,7-8,11-12,15,19,21,25H,4-6,9-10,13-14,16H2,(H,26,28)/t19-,21-/m1/s1. The number of nitrogens with one attached hydrogen (secondary N) is 2. The van der Waals surface area contributed by atoms with E-state index < -0.39 is 0 Å². The predicted molar refractivity (Wildman–Crippen MR) is 118 cm³/mol. The van der Waals surface area contributed by atoms with Gasteiger partial charge in [0.05, 0.1) is 17.6 Å². The van der Waals surface area contributed by atoms with E-state index in [9.17, 15) is 4.79 Å². The molecule has 0 unspecified atom stereocenters. The van der Waals surface area contributed by atoms with Crippen molar-refractivity contribution in [3.05, 3.63) is 53.6 Å². The maximum Gasteiger partial charge on any atom is 0.241 e. The number of nitrogens with zero attached hydrogens (tertiary/aromatic N) is 1. The van der Waals surface area contributed by atoms with Crippen molar-refractivity contribution in [2.75, 3.05) is 29.9 Å². The molecule has 2 aromatic carbocycles. The molecule has 2 aliphatic heterocycles. The van der Waals surface area contributed by atoms with E-state index in [1.807, 2.05) is 18.2 Å². The minimum Gasteiger partial charge on any atom is -0.487 e. The number of hydrogen-bond acceptors (Lipinski definition) is 4. The van der Waals surface area contributed by atoms with Crippen LogP contribution in [0.5, 0.6) is 5.75 Å². The first-order valence-corrected chi connectivity index (χ1v) is 10.9. The van der Waals surface area contributed by atoms with Gasteiger partial charge in [0, 0.05) is 17.9 Å². The van der Waals surface area contributed by atoms with Crippen LogP contribution >= 0.6 is 11.6 Å². The van der Waals surface area contributed by atoms with Crippen molar-refractivity contribution in [1.82, 2.24) is 5.32 Å². The molecule has 6 heteroatoms. The summed E-state index contributed by atoms with van der Waals surface area (Å²) in [5, 5.41) is 6.75. The molecule has 0 aliphatic carbocycles. The first-order valence-electron chi connectivity index (χ1n) is 10.5. The van der Waals surface area contributed by atoms with Gasteiger partial charge in [-0.3, -0.25) is 4.79 Å². The van der Waals surface area contributed by atoms with E-state index in [0.717, 1.165) is 51.7 Å². The van der Waals surface area contributed by atoms with Crippen molar-refractivity contribution in [2.24, 2.45) is 0 Å². The van der Waals surface area contributed by atoms with Gasteiger partial charge in [0.25, 0.3) is 0 Å². The molecule has 0 spiro atoms. The molecule has 4 rings (SSSR count). The molecular weight excluding hydrogens is 386 g/mol. The summed E-state index contributed by atoms with van der Waals surface area (Å²) in [6.07, 6.45) is 5.27. The van der Waals surface area contributed by atoms with Crippen molar-refractivity contribution in [1.29, 1.82) is 0 Å². The lowest BCUT2D eigenvalue weighted by molar-refractivity contribution is -0.118. The molecule has 2 atom stereocenters. The van der Waals surface area contributed by atoms with Gasteiger partial charge in [-0.25, -0.2) is 0 Å². The molecule has 0 saturated carbocycles. The summed E-state index contributed by atoms with van der Waals surface area (Å²) in [6.45, 7) is 2.77. The molecule has 2 saturated heterocycles. The minimum absolute atomic E-state index is 0.000202. The second-order valence-corrected chi connectivity index (χ2v) is 8.21. The van der Waals surface area contributed by atoms with Gasteiger partial charge in [0.2, 0.25) is 5.91 Å². The first kappa shape index (κ1) is 20.0. The zero-order valence-electron chi connectivity index (χ0n) is 16.6. The number of ether oxygens (including phenoxy) is 1. The predicted octanol–water partition coefficient (Wildman–Crippen LogP) is 4.47. The molecule has 0 aromatic heterocycles. The van der Waals surface area contributed by atoms with Gasteiger partial charge in [-0.15, -0.1) is 0 Å². The third kappa shape index (κ3) is 5.22. The topological polar surface area (TPSA) is 53.6 Å². The number of carbonyl (C=O) groups excluding carboxylic acids is 1. The Morgan fingerprint density at radius 2 is 1.97 bits per heavy atom. The Bertz CT molecular complexity index is 824. The Hall–Kier alpha value is -2.24. The van der Waals surface area contributed by atoms with E-state index in [1.165, 1.54) is 5.69 Å². The SMILES string of the molecule is O=C(Nc1ccc(O[C@@H]2CCCN(c3ccccc3)C2)c(Cl)c1)[C@H]1CCCCN1. The second-order valence-electron chi connectivity index (χ2n) is 7.80. The molecular formula is C23H28ClN3O2. The van der Waals surface area contributed by atoms with Crippen molar-refractivity contribution >= 4 is 28.9 Å². The highest BCUT2D eigenvalue weighted by atomic mass is 35.5. The highest BCUT2D eigenvalue weighted by molar-refractivity contribution is 6.32. The van der Waals surface area contributed by atoms with E-state index >= 15 is 0 Å². The molecule has 0 bridgehead atoms. The Kier molecular flexibility index (Phi) is 6.57. The number of anilines is 2. The molecule has 2 aliphatic rings. The number of hydrogen-bond donors (Lipinski definition) is 2. The molecule has 2 heterocycles. The van der Waals surface area contributed by atoms with Crippen LogP contribution in [0.3, 0.4) is 0 Å². The highest BCUT2D eigenvalue weighted by Gasteiger charge is 2.23. The van der Waals surface area contributed by atoms with Crippen molar-refractivity contribution in [3.63, 3.8) is 0 Å². The van der Waals surface area contributed by atoms with Crippen LogP contribution in [0.1, 0.15) is 32.1 Å². The lowest BCUT2D eigenvalue weighted by Gasteiger charge is -2.34. The van der Waals surface area contributed by atoms with Crippen molar-refractivity contribution in [2.45, 2.75) is 44.2 Å². The largest absolute Gasteiger partial charge is 0.487 e. The van der Waals surface area contributed by atoms with Gasteiger partial charge in [0.15, 0.2) is 0 Å². The first-order chi connectivity index (χ1) is 14.2. The highest BCUT2D eigenvalue weighted by Crippen LogP contribution is 2.31. The fourth-order valence-electron chi connectivity index (χ4n) is 4.07. The third-order valence-corrected chi connectivity index (χ3v) is 5.91. The summed E-state index contributed by atoms with van der Waals surface area (Å²) in [5.74, 6) is 0.667. The minimum atomic E-state index is -0.121. The summed E-state index contributed by atoms with van der Waals surface area (Å²) in [7, 11) is 0. The zero-order chi connectivity index (χ0) is 20.1. The van der Waals surface area contributed by atoms with Crippen LogP contribution in [-0.2, 0) is 4.79 Å². The number of piperidine rings is 2. The summed E-state index contributed by atoms with van der Waals surface area (Å²) >= 11 is 6.47. The zero-order valence-corrected chi connectivity index (χ0v) is 17.3. The van der Waals surface area contributed by atoms with Gasteiger partial charge in [0.1, 0.15) is 11.9 Å². The molecule has 154 valence electrons. The van der Waals surface area contributed by atoms with Gasteiger partial charge in [-0.2, -0.15) is 0 Å². The number of benzene rings is 2. The maximum absolute atomic E-state index is 12.4.